The van der Waals surface area contributed by atoms with Crippen molar-refractivity contribution in [1.29, 1.82) is 0 Å². The maximum Gasteiger partial charge on any atom is 0.331 e. The molecule has 5 rings (SSSR count). The second-order valence-corrected chi connectivity index (χ2v) is 14.4. The molecule has 9 nitrogen and oxygen atoms in total. The van der Waals surface area contributed by atoms with Crippen molar-refractivity contribution in [3.63, 3.8) is 0 Å². The first-order valence-electron chi connectivity index (χ1n) is 15.9. The minimum Gasteiger partial charge on any atom is -0.341 e. The minimum atomic E-state index is -0.635. The van der Waals surface area contributed by atoms with Crippen LogP contribution < -0.4 is 0 Å². The van der Waals surface area contributed by atoms with Crippen molar-refractivity contribution >= 4 is 103 Å². The molecule has 262 valence electrons. The van der Waals surface area contributed by atoms with Crippen LogP contribution in [0.4, 0.5) is 0 Å². The number of aromatic nitrogens is 1. The third kappa shape index (κ3) is 9.89. The van der Waals surface area contributed by atoms with Gasteiger partial charge in [0.2, 0.25) is 11.6 Å². The van der Waals surface area contributed by atoms with Crippen LogP contribution in [-0.2, 0) is 25.8 Å². The Balaban J connectivity index is 1.44. The Kier molecular flexibility index (Phi) is 13.1. The van der Waals surface area contributed by atoms with E-state index in [1.165, 1.54) is 37.4 Å². The SMILES string of the molecule is CCn1c2ccc(C(=O)/C(CCSc3ccc(Cl)cc3)=N/OC(C)=O)cc2c2cc(C(=O)/C(CCSc3ccc(Cl)cc3)=N/OC(C)=O)ccc21. The molecule has 0 saturated heterocycles. The van der Waals surface area contributed by atoms with E-state index in [4.69, 9.17) is 32.9 Å². The predicted molar refractivity (Wildman–Crippen MR) is 206 cm³/mol. The molecule has 1 aromatic heterocycles. The van der Waals surface area contributed by atoms with Gasteiger partial charge in [0.25, 0.3) is 0 Å². The predicted octanol–water partition coefficient (Wildman–Crippen LogP) is 9.69. The molecule has 5 aromatic rings. The van der Waals surface area contributed by atoms with Crippen LogP contribution in [0, 0.1) is 0 Å². The number of rotatable bonds is 15. The van der Waals surface area contributed by atoms with Crippen molar-refractivity contribution in [2.24, 2.45) is 10.3 Å². The molecular weight excluding hydrogens is 729 g/mol. The zero-order valence-corrected chi connectivity index (χ0v) is 31.1. The topological polar surface area (TPSA) is 116 Å². The first-order valence-corrected chi connectivity index (χ1v) is 18.7. The van der Waals surface area contributed by atoms with Gasteiger partial charge in [-0.25, -0.2) is 9.59 Å². The second-order valence-electron chi connectivity index (χ2n) is 11.2. The van der Waals surface area contributed by atoms with Gasteiger partial charge >= 0.3 is 11.9 Å². The van der Waals surface area contributed by atoms with E-state index in [9.17, 15) is 19.2 Å². The molecule has 0 aliphatic carbocycles. The van der Waals surface area contributed by atoms with Crippen LogP contribution in [0.2, 0.25) is 10.0 Å². The van der Waals surface area contributed by atoms with Crippen LogP contribution in [0.5, 0.6) is 0 Å². The van der Waals surface area contributed by atoms with Crippen molar-refractivity contribution in [3.05, 3.63) is 106 Å². The van der Waals surface area contributed by atoms with Gasteiger partial charge in [0, 0.05) is 97.5 Å². The van der Waals surface area contributed by atoms with Gasteiger partial charge < -0.3 is 14.2 Å². The first kappa shape index (κ1) is 37.8. The average Bonchev–Trinajstić information content (AvgIpc) is 3.44. The highest BCUT2D eigenvalue weighted by molar-refractivity contribution is 7.99. The first-order chi connectivity index (χ1) is 24.5. The molecule has 13 heteroatoms. The normalized spacial score (nSPS) is 11.9. The quantitative estimate of drug-likeness (QED) is 0.0341. The number of halogens is 2. The molecular formula is C38H33Cl2N3O6S2. The highest BCUT2D eigenvalue weighted by Gasteiger charge is 2.21. The number of hydrogen-bond donors (Lipinski definition) is 0. The van der Waals surface area contributed by atoms with E-state index in [2.05, 4.69) is 14.9 Å². The van der Waals surface area contributed by atoms with Gasteiger partial charge in [-0.2, -0.15) is 0 Å². The zero-order chi connectivity index (χ0) is 36.5. The molecule has 0 N–H and O–H groups in total. The number of carbonyl (C=O) groups excluding carboxylic acids is 4. The van der Waals surface area contributed by atoms with Crippen LogP contribution in [-0.4, -0.2) is 51.0 Å². The van der Waals surface area contributed by atoms with Gasteiger partial charge in [-0.15, -0.1) is 23.5 Å². The zero-order valence-electron chi connectivity index (χ0n) is 28.0. The third-order valence-corrected chi connectivity index (χ3v) is 10.2. The maximum absolute atomic E-state index is 13.8. The van der Waals surface area contributed by atoms with Gasteiger partial charge in [0.1, 0.15) is 11.4 Å². The smallest absolute Gasteiger partial charge is 0.331 e. The number of hydrogen-bond acceptors (Lipinski definition) is 10. The molecule has 0 unspecified atom stereocenters. The van der Waals surface area contributed by atoms with Crippen molar-refractivity contribution in [1.82, 2.24) is 4.57 Å². The summed E-state index contributed by atoms with van der Waals surface area (Å²) in [6.45, 7) is 5.10. The fraction of sp³-hybridized carbons (Fsp3) is 0.211. The third-order valence-electron chi connectivity index (χ3n) is 7.64. The van der Waals surface area contributed by atoms with E-state index in [-0.39, 0.29) is 35.8 Å². The van der Waals surface area contributed by atoms with Crippen LogP contribution in [0.25, 0.3) is 21.8 Å². The molecule has 0 aliphatic rings. The van der Waals surface area contributed by atoms with E-state index in [0.29, 0.717) is 39.2 Å². The molecule has 0 bridgehead atoms. The fourth-order valence-electron chi connectivity index (χ4n) is 5.29. The monoisotopic (exact) mass is 761 g/mol. The molecule has 4 aromatic carbocycles. The number of ketones is 2. The molecule has 0 fully saturated rings. The lowest BCUT2D eigenvalue weighted by Gasteiger charge is -2.07. The summed E-state index contributed by atoms with van der Waals surface area (Å²) in [5.74, 6) is -1.02. The number of oxime groups is 2. The Hall–Kier alpha value is -4.42. The van der Waals surface area contributed by atoms with Crippen LogP contribution in [0.3, 0.4) is 0 Å². The lowest BCUT2D eigenvalue weighted by atomic mass is 10.00. The lowest BCUT2D eigenvalue weighted by Crippen LogP contribution is -2.17. The molecule has 51 heavy (non-hydrogen) atoms. The molecule has 0 spiro atoms. The summed E-state index contributed by atoms with van der Waals surface area (Å²) in [6, 6.07) is 25.4. The maximum atomic E-state index is 13.8. The summed E-state index contributed by atoms with van der Waals surface area (Å²) in [4.78, 5) is 62.7. The number of aryl methyl sites for hydroxylation is 1. The van der Waals surface area contributed by atoms with Gasteiger partial charge in [-0.05, 0) is 91.9 Å². The molecule has 0 radical (unpaired) electrons. The molecule has 0 aliphatic heterocycles. The van der Waals surface area contributed by atoms with E-state index >= 15 is 0 Å². The van der Waals surface area contributed by atoms with Crippen molar-refractivity contribution < 1.29 is 28.9 Å². The van der Waals surface area contributed by atoms with E-state index < -0.39 is 11.9 Å². The van der Waals surface area contributed by atoms with Gasteiger partial charge in [-0.1, -0.05) is 33.5 Å². The Morgan fingerprint density at radius 3 is 1.37 bits per heavy atom. The molecule has 1 heterocycles. The summed E-state index contributed by atoms with van der Waals surface area (Å²) >= 11 is 15.0. The summed E-state index contributed by atoms with van der Waals surface area (Å²) in [6.07, 6.45) is 0.487. The van der Waals surface area contributed by atoms with E-state index in [1.54, 1.807) is 48.5 Å². The van der Waals surface area contributed by atoms with E-state index in [0.717, 1.165) is 31.6 Å². The highest BCUT2D eigenvalue weighted by Crippen LogP contribution is 2.32. The summed E-state index contributed by atoms with van der Waals surface area (Å²) in [5, 5.41) is 10.6. The van der Waals surface area contributed by atoms with Crippen molar-refractivity contribution in [2.75, 3.05) is 11.5 Å². The number of carbonyl (C=O) groups is 4. The lowest BCUT2D eigenvalue weighted by molar-refractivity contribution is -0.141. The number of benzene rings is 4. The van der Waals surface area contributed by atoms with E-state index in [1.807, 2.05) is 43.3 Å². The van der Waals surface area contributed by atoms with Crippen LogP contribution in [0.15, 0.2) is 105 Å². The number of nitrogens with zero attached hydrogens (tertiary/aromatic N) is 3. The molecule has 0 saturated carbocycles. The summed E-state index contributed by atoms with van der Waals surface area (Å²) < 4.78 is 2.10. The van der Waals surface area contributed by atoms with Gasteiger partial charge in [0.15, 0.2) is 0 Å². The number of fused-ring (bicyclic) bond motifs is 3. The Morgan fingerprint density at radius 1 is 0.627 bits per heavy atom. The Bertz CT molecular complexity index is 2010. The Labute approximate surface area is 313 Å². The van der Waals surface area contributed by atoms with Crippen LogP contribution >= 0.6 is 46.7 Å². The minimum absolute atomic E-state index is 0.101. The fourth-order valence-corrected chi connectivity index (χ4v) is 7.26. The number of thioether (sulfide) groups is 2. The second kappa shape index (κ2) is 17.7. The van der Waals surface area contributed by atoms with Crippen molar-refractivity contribution in [2.45, 2.75) is 49.9 Å². The molecule has 0 amide bonds. The largest absolute Gasteiger partial charge is 0.341 e. The van der Waals surface area contributed by atoms with Gasteiger partial charge in [-0.3, -0.25) is 9.59 Å². The summed E-state index contributed by atoms with van der Waals surface area (Å²) in [5.41, 5.74) is 2.66. The summed E-state index contributed by atoms with van der Waals surface area (Å²) in [7, 11) is 0. The van der Waals surface area contributed by atoms with Gasteiger partial charge in [0.05, 0.1) is 0 Å². The Morgan fingerprint density at radius 2 is 1.02 bits per heavy atom. The standard InChI is InChI=1S/C38H33Cl2N3O6S2/c1-4-43-35-15-5-25(37(46)33(41-48-23(2)44)17-19-50-29-11-7-27(39)8-12-29)21-31(35)32-22-26(6-16-36(32)43)38(47)34(42-49-24(3)45)18-20-51-30-13-9-28(40)10-14-30/h5-16,21-22H,4,17-20H2,1-3H3/b41-33+,42-34+. The number of Topliss-reactive ketones (excluding diaryl/α,β-unsaturated/α-hetero) is 2. The van der Waals surface area contributed by atoms with Crippen molar-refractivity contribution in [3.8, 4) is 0 Å². The highest BCUT2D eigenvalue weighted by atomic mass is 35.5. The van der Waals surface area contributed by atoms with Crippen LogP contribution in [0.1, 0.15) is 54.3 Å². The average molecular weight is 763 g/mol. The molecule has 0 atom stereocenters.